The highest BCUT2D eigenvalue weighted by Crippen LogP contribution is 2.01. The molecule has 0 aliphatic carbocycles. The number of nitrogens with zero attached hydrogens (tertiary/aromatic N) is 1. The van der Waals surface area contributed by atoms with Gasteiger partial charge in [0.25, 0.3) is 0 Å². The molecule has 1 aliphatic heterocycles. The highest BCUT2D eigenvalue weighted by molar-refractivity contribution is 5.65. The molecule has 0 spiro atoms. The maximum Gasteiger partial charge on any atom is 0.0420 e. The summed E-state index contributed by atoms with van der Waals surface area (Å²) >= 11 is 0. The van der Waals surface area contributed by atoms with Crippen molar-refractivity contribution in [1.82, 2.24) is 10.6 Å². The summed E-state index contributed by atoms with van der Waals surface area (Å²) in [5.74, 6) is 0. The Morgan fingerprint density at radius 2 is 2.00 bits per heavy atom. The molecule has 1 aromatic carbocycles. The molecule has 1 heterocycles. The van der Waals surface area contributed by atoms with Gasteiger partial charge in [0.15, 0.2) is 0 Å². The maximum atomic E-state index is 4.32. The molecule has 0 saturated heterocycles. The Kier molecular flexibility index (Phi) is 6.61. The van der Waals surface area contributed by atoms with Gasteiger partial charge < -0.3 is 10.6 Å². The van der Waals surface area contributed by atoms with Gasteiger partial charge in [-0.3, -0.25) is 4.99 Å². The largest absolute Gasteiger partial charge is 0.316 e. The zero-order valence-corrected chi connectivity index (χ0v) is 11.6. The van der Waals surface area contributed by atoms with Crippen molar-refractivity contribution in [2.24, 2.45) is 4.99 Å². The van der Waals surface area contributed by atoms with Gasteiger partial charge in [-0.2, -0.15) is 0 Å². The SMILES string of the molecule is C1=NCCCC1NCCCNCCc1ccccc1. The number of rotatable bonds is 8. The number of aliphatic imine (C=N–C) groups is 1. The lowest BCUT2D eigenvalue weighted by molar-refractivity contribution is 0.529. The first-order chi connectivity index (χ1) is 9.45. The van der Waals surface area contributed by atoms with E-state index in [9.17, 15) is 0 Å². The fourth-order valence-corrected chi connectivity index (χ4v) is 2.34. The lowest BCUT2D eigenvalue weighted by atomic mass is 10.1. The van der Waals surface area contributed by atoms with Crippen molar-refractivity contribution in [3.63, 3.8) is 0 Å². The maximum absolute atomic E-state index is 4.32. The fourth-order valence-electron chi connectivity index (χ4n) is 2.34. The van der Waals surface area contributed by atoms with Gasteiger partial charge >= 0.3 is 0 Å². The first-order valence-corrected chi connectivity index (χ1v) is 7.43. The van der Waals surface area contributed by atoms with Gasteiger partial charge in [0.2, 0.25) is 0 Å². The fraction of sp³-hybridized carbons (Fsp3) is 0.562. The standard InChI is InChI=1S/C16H25N3/c1-2-6-15(7-3-1)9-13-17-11-5-12-19-16-8-4-10-18-14-16/h1-3,6-7,14,16-17,19H,4-5,8-13H2. The van der Waals surface area contributed by atoms with E-state index in [0.717, 1.165) is 32.6 Å². The molecule has 1 aliphatic rings. The average Bonchev–Trinajstić information content (AvgIpc) is 2.48. The van der Waals surface area contributed by atoms with Gasteiger partial charge in [0.05, 0.1) is 0 Å². The third-order valence-electron chi connectivity index (χ3n) is 3.46. The van der Waals surface area contributed by atoms with Crippen molar-refractivity contribution in [2.75, 3.05) is 26.2 Å². The molecule has 3 heteroatoms. The number of hydrogen-bond donors (Lipinski definition) is 2. The lowest BCUT2D eigenvalue weighted by Gasteiger charge is -2.17. The molecular weight excluding hydrogens is 234 g/mol. The second-order valence-corrected chi connectivity index (χ2v) is 5.10. The van der Waals surface area contributed by atoms with Gasteiger partial charge in [-0.15, -0.1) is 0 Å². The minimum absolute atomic E-state index is 0.512. The Bertz CT molecular complexity index is 362. The molecule has 0 fully saturated rings. The third-order valence-corrected chi connectivity index (χ3v) is 3.46. The molecule has 1 atom stereocenters. The summed E-state index contributed by atoms with van der Waals surface area (Å²) in [5.41, 5.74) is 1.41. The van der Waals surface area contributed by atoms with Crippen LogP contribution in [0.2, 0.25) is 0 Å². The number of nitrogens with one attached hydrogen (secondary N) is 2. The summed E-state index contributed by atoms with van der Waals surface area (Å²) in [4.78, 5) is 4.32. The van der Waals surface area contributed by atoms with E-state index < -0.39 is 0 Å². The van der Waals surface area contributed by atoms with Gasteiger partial charge in [-0.1, -0.05) is 30.3 Å². The van der Waals surface area contributed by atoms with Crippen molar-refractivity contribution in [3.8, 4) is 0 Å². The Labute approximate surface area is 116 Å². The Balaban J connectivity index is 1.44. The van der Waals surface area contributed by atoms with Gasteiger partial charge in [-0.05, 0) is 50.9 Å². The summed E-state index contributed by atoms with van der Waals surface area (Å²) in [6.45, 7) is 4.24. The van der Waals surface area contributed by atoms with Gasteiger partial charge in [-0.25, -0.2) is 0 Å². The highest BCUT2D eigenvalue weighted by Gasteiger charge is 2.07. The Hall–Kier alpha value is -1.19. The molecule has 1 aromatic rings. The smallest absolute Gasteiger partial charge is 0.0420 e. The van der Waals surface area contributed by atoms with Gasteiger partial charge in [0.1, 0.15) is 0 Å². The lowest BCUT2D eigenvalue weighted by Crippen LogP contribution is -2.34. The molecule has 2 N–H and O–H groups in total. The second kappa shape index (κ2) is 8.83. The van der Waals surface area contributed by atoms with Crippen LogP contribution in [0.15, 0.2) is 35.3 Å². The average molecular weight is 259 g/mol. The quantitative estimate of drug-likeness (QED) is 0.701. The van der Waals surface area contributed by atoms with E-state index in [1.54, 1.807) is 0 Å². The molecule has 19 heavy (non-hydrogen) atoms. The summed E-state index contributed by atoms with van der Waals surface area (Å²) in [5, 5.41) is 7.04. The predicted molar refractivity (Wildman–Crippen MR) is 82.0 cm³/mol. The number of hydrogen-bond acceptors (Lipinski definition) is 3. The topological polar surface area (TPSA) is 36.4 Å². The van der Waals surface area contributed by atoms with Crippen LogP contribution in [0.25, 0.3) is 0 Å². The van der Waals surface area contributed by atoms with Crippen molar-refractivity contribution in [1.29, 1.82) is 0 Å². The minimum atomic E-state index is 0.512. The van der Waals surface area contributed by atoms with Crippen LogP contribution in [0.1, 0.15) is 24.8 Å². The third kappa shape index (κ3) is 5.99. The molecule has 0 saturated carbocycles. The molecule has 2 rings (SSSR count). The summed E-state index contributed by atoms with van der Waals surface area (Å²) in [6.07, 6.45) is 6.84. The molecule has 1 unspecified atom stereocenters. The van der Waals surface area contributed by atoms with E-state index in [-0.39, 0.29) is 0 Å². The van der Waals surface area contributed by atoms with Crippen LogP contribution in [-0.2, 0) is 6.42 Å². The van der Waals surface area contributed by atoms with E-state index in [2.05, 4.69) is 52.2 Å². The summed E-state index contributed by atoms with van der Waals surface area (Å²) in [6, 6.07) is 11.2. The van der Waals surface area contributed by atoms with E-state index in [1.165, 1.54) is 24.8 Å². The number of benzene rings is 1. The van der Waals surface area contributed by atoms with Crippen LogP contribution in [0.5, 0.6) is 0 Å². The van der Waals surface area contributed by atoms with Crippen molar-refractivity contribution in [2.45, 2.75) is 31.7 Å². The highest BCUT2D eigenvalue weighted by atomic mass is 14.9. The Morgan fingerprint density at radius 3 is 2.79 bits per heavy atom. The first kappa shape index (κ1) is 14.2. The van der Waals surface area contributed by atoms with Crippen LogP contribution in [0.3, 0.4) is 0 Å². The molecule has 0 amide bonds. The molecular formula is C16H25N3. The van der Waals surface area contributed by atoms with E-state index in [0.29, 0.717) is 6.04 Å². The minimum Gasteiger partial charge on any atom is -0.316 e. The zero-order chi connectivity index (χ0) is 13.2. The van der Waals surface area contributed by atoms with E-state index >= 15 is 0 Å². The first-order valence-electron chi connectivity index (χ1n) is 7.43. The van der Waals surface area contributed by atoms with Crippen molar-refractivity contribution in [3.05, 3.63) is 35.9 Å². The second-order valence-electron chi connectivity index (χ2n) is 5.10. The van der Waals surface area contributed by atoms with Crippen molar-refractivity contribution < 1.29 is 0 Å². The van der Waals surface area contributed by atoms with E-state index in [1.807, 2.05) is 0 Å². The van der Waals surface area contributed by atoms with E-state index in [4.69, 9.17) is 0 Å². The van der Waals surface area contributed by atoms with Crippen molar-refractivity contribution >= 4 is 6.21 Å². The van der Waals surface area contributed by atoms with Crippen LogP contribution in [0, 0.1) is 0 Å². The normalized spacial score (nSPS) is 18.6. The summed E-state index contributed by atoms with van der Waals surface area (Å²) in [7, 11) is 0. The predicted octanol–water partition coefficient (Wildman–Crippen LogP) is 2.03. The Morgan fingerprint density at radius 1 is 1.11 bits per heavy atom. The molecule has 104 valence electrons. The molecule has 0 aromatic heterocycles. The van der Waals surface area contributed by atoms with Gasteiger partial charge in [0, 0.05) is 18.8 Å². The van der Waals surface area contributed by atoms with Crippen LogP contribution in [-0.4, -0.2) is 38.4 Å². The summed E-state index contributed by atoms with van der Waals surface area (Å²) < 4.78 is 0. The molecule has 0 radical (unpaired) electrons. The molecule has 3 nitrogen and oxygen atoms in total. The molecule has 0 bridgehead atoms. The zero-order valence-electron chi connectivity index (χ0n) is 11.6. The van der Waals surface area contributed by atoms with Crippen LogP contribution >= 0.6 is 0 Å². The van der Waals surface area contributed by atoms with Crippen LogP contribution < -0.4 is 10.6 Å². The van der Waals surface area contributed by atoms with Crippen LogP contribution in [0.4, 0.5) is 0 Å². The monoisotopic (exact) mass is 259 g/mol.